The number of unbranched alkanes of at least 4 members (excludes halogenated alkanes) is 1. The molecule has 2 aromatic carbocycles. The molecule has 2 aromatic rings. The van der Waals surface area contributed by atoms with Crippen LogP contribution >= 0.6 is 0 Å². The summed E-state index contributed by atoms with van der Waals surface area (Å²) in [6.07, 6.45) is 1.62. The molecule has 0 heterocycles. The fraction of sp³-hybridized carbons (Fsp3) is 0.238. The minimum atomic E-state index is -0.941. The van der Waals surface area contributed by atoms with E-state index in [1.54, 1.807) is 30.3 Å². The predicted octanol–water partition coefficient (Wildman–Crippen LogP) is 3.18. The number of hydrogen-bond donors (Lipinski definition) is 3. The van der Waals surface area contributed by atoms with Crippen LogP contribution in [0.2, 0.25) is 0 Å². The smallest absolute Gasteiger partial charge is 0.340 e. The normalized spacial score (nSPS) is 10.0. The quantitative estimate of drug-likeness (QED) is 0.377. The topological polar surface area (TPSA) is 114 Å². The standard InChI is InChI=1S/C21H23N3O5/c1-3-4-12-29-21(28)17-10-5-6-11-18(17)24-20(27)19(26)23-16-9-7-8-15(13-16)22-14(2)25/h5-11,13H,3-4,12H2,1-2H3,(H,22,25)(H,23,26)(H,24,27). The molecule has 29 heavy (non-hydrogen) atoms. The largest absolute Gasteiger partial charge is 0.462 e. The number of esters is 1. The van der Waals surface area contributed by atoms with Gasteiger partial charge in [0.2, 0.25) is 5.91 Å². The molecule has 8 heteroatoms. The molecular weight excluding hydrogens is 374 g/mol. The molecule has 0 saturated heterocycles. The van der Waals surface area contributed by atoms with Crippen molar-refractivity contribution >= 4 is 40.8 Å². The highest BCUT2D eigenvalue weighted by Gasteiger charge is 2.19. The van der Waals surface area contributed by atoms with Crippen molar-refractivity contribution in [2.45, 2.75) is 26.7 Å². The molecule has 0 aliphatic rings. The second-order valence-electron chi connectivity index (χ2n) is 6.21. The molecule has 0 saturated carbocycles. The lowest BCUT2D eigenvalue weighted by atomic mass is 10.1. The highest BCUT2D eigenvalue weighted by molar-refractivity contribution is 6.44. The lowest BCUT2D eigenvalue weighted by Crippen LogP contribution is -2.29. The molecule has 2 rings (SSSR count). The van der Waals surface area contributed by atoms with Gasteiger partial charge in [-0.1, -0.05) is 31.5 Å². The van der Waals surface area contributed by atoms with Crippen LogP contribution in [0.5, 0.6) is 0 Å². The average Bonchev–Trinajstić information content (AvgIpc) is 2.68. The minimum absolute atomic E-state index is 0.164. The maximum absolute atomic E-state index is 12.3. The van der Waals surface area contributed by atoms with Crippen LogP contribution in [0.25, 0.3) is 0 Å². The first-order chi connectivity index (χ1) is 13.9. The van der Waals surface area contributed by atoms with Crippen LogP contribution in [-0.2, 0) is 19.1 Å². The van der Waals surface area contributed by atoms with Gasteiger partial charge in [-0.15, -0.1) is 0 Å². The second kappa shape index (κ2) is 10.6. The molecule has 0 spiro atoms. The zero-order chi connectivity index (χ0) is 21.2. The number of nitrogens with one attached hydrogen (secondary N) is 3. The molecule has 3 N–H and O–H groups in total. The third kappa shape index (κ3) is 6.76. The van der Waals surface area contributed by atoms with Gasteiger partial charge in [-0.05, 0) is 36.8 Å². The number of amides is 3. The number of para-hydroxylation sites is 1. The molecule has 0 atom stereocenters. The highest BCUT2D eigenvalue weighted by atomic mass is 16.5. The summed E-state index contributed by atoms with van der Waals surface area (Å²) in [5.74, 6) is -2.69. The summed E-state index contributed by atoms with van der Waals surface area (Å²) in [4.78, 5) is 47.8. The van der Waals surface area contributed by atoms with E-state index in [0.29, 0.717) is 11.4 Å². The average molecular weight is 397 g/mol. The van der Waals surface area contributed by atoms with Gasteiger partial charge in [-0.3, -0.25) is 14.4 Å². The Hall–Kier alpha value is -3.68. The van der Waals surface area contributed by atoms with Gasteiger partial charge in [0, 0.05) is 18.3 Å². The van der Waals surface area contributed by atoms with E-state index in [9.17, 15) is 19.2 Å². The van der Waals surface area contributed by atoms with Crippen LogP contribution in [0, 0.1) is 0 Å². The Morgan fingerprint density at radius 2 is 1.52 bits per heavy atom. The number of carbonyl (C=O) groups excluding carboxylic acids is 4. The van der Waals surface area contributed by atoms with Crippen LogP contribution in [0.15, 0.2) is 48.5 Å². The van der Waals surface area contributed by atoms with Gasteiger partial charge in [-0.25, -0.2) is 4.79 Å². The summed E-state index contributed by atoms with van der Waals surface area (Å²) in [6, 6.07) is 12.7. The van der Waals surface area contributed by atoms with Gasteiger partial charge >= 0.3 is 17.8 Å². The molecule has 3 amide bonds. The van der Waals surface area contributed by atoms with Gasteiger partial charge in [0.15, 0.2) is 0 Å². The van der Waals surface area contributed by atoms with E-state index in [-0.39, 0.29) is 23.8 Å². The van der Waals surface area contributed by atoms with E-state index < -0.39 is 17.8 Å². The van der Waals surface area contributed by atoms with E-state index in [1.807, 2.05) is 6.92 Å². The molecule has 0 fully saturated rings. The Labute approximate surface area is 168 Å². The Morgan fingerprint density at radius 1 is 0.862 bits per heavy atom. The van der Waals surface area contributed by atoms with Gasteiger partial charge in [0.1, 0.15) is 0 Å². The lowest BCUT2D eigenvalue weighted by Gasteiger charge is -2.11. The first-order valence-corrected chi connectivity index (χ1v) is 9.17. The summed E-state index contributed by atoms with van der Waals surface area (Å²) >= 11 is 0. The van der Waals surface area contributed by atoms with E-state index >= 15 is 0 Å². The van der Waals surface area contributed by atoms with Crippen molar-refractivity contribution in [3.05, 3.63) is 54.1 Å². The van der Waals surface area contributed by atoms with E-state index in [2.05, 4.69) is 16.0 Å². The summed E-state index contributed by atoms with van der Waals surface area (Å²) in [5.41, 5.74) is 1.16. The number of ether oxygens (including phenoxy) is 1. The predicted molar refractivity (Wildman–Crippen MR) is 110 cm³/mol. The van der Waals surface area contributed by atoms with E-state index in [0.717, 1.165) is 12.8 Å². The number of anilines is 3. The first-order valence-electron chi connectivity index (χ1n) is 9.17. The fourth-order valence-corrected chi connectivity index (χ4v) is 2.40. The summed E-state index contributed by atoms with van der Waals surface area (Å²) < 4.78 is 5.17. The van der Waals surface area contributed by atoms with E-state index in [4.69, 9.17) is 4.74 Å². The van der Waals surface area contributed by atoms with E-state index in [1.165, 1.54) is 25.1 Å². The molecule has 0 unspecified atom stereocenters. The molecular formula is C21H23N3O5. The highest BCUT2D eigenvalue weighted by Crippen LogP contribution is 2.18. The molecule has 0 aromatic heterocycles. The van der Waals surface area contributed by atoms with Crippen molar-refractivity contribution in [1.29, 1.82) is 0 Å². The summed E-state index contributed by atoms with van der Waals surface area (Å²) in [6.45, 7) is 3.62. The molecule has 0 bridgehead atoms. The third-order valence-corrected chi connectivity index (χ3v) is 3.77. The Morgan fingerprint density at radius 3 is 2.21 bits per heavy atom. The molecule has 8 nitrogen and oxygen atoms in total. The number of carbonyl (C=O) groups is 4. The van der Waals surface area contributed by atoms with Gasteiger partial charge in [0.05, 0.1) is 17.9 Å². The second-order valence-corrected chi connectivity index (χ2v) is 6.21. The third-order valence-electron chi connectivity index (χ3n) is 3.77. The van der Waals surface area contributed by atoms with Crippen molar-refractivity contribution in [1.82, 2.24) is 0 Å². The summed E-state index contributed by atoms with van der Waals surface area (Å²) in [7, 11) is 0. The SMILES string of the molecule is CCCCOC(=O)c1ccccc1NC(=O)C(=O)Nc1cccc(NC(C)=O)c1. The Kier molecular flexibility index (Phi) is 7.90. The molecule has 0 radical (unpaired) electrons. The van der Waals surface area contributed by atoms with Gasteiger partial charge in [0.25, 0.3) is 0 Å². The monoisotopic (exact) mass is 397 g/mol. The number of benzene rings is 2. The molecule has 0 aliphatic carbocycles. The zero-order valence-corrected chi connectivity index (χ0v) is 16.3. The fourth-order valence-electron chi connectivity index (χ4n) is 2.40. The lowest BCUT2D eigenvalue weighted by molar-refractivity contribution is -0.133. The van der Waals surface area contributed by atoms with Crippen LogP contribution in [0.4, 0.5) is 17.1 Å². The van der Waals surface area contributed by atoms with Crippen molar-refractivity contribution in [3.8, 4) is 0 Å². The maximum atomic E-state index is 12.3. The van der Waals surface area contributed by atoms with Crippen LogP contribution in [-0.4, -0.2) is 30.3 Å². The Balaban J connectivity index is 2.04. The van der Waals surface area contributed by atoms with Gasteiger partial charge < -0.3 is 20.7 Å². The molecule has 0 aliphatic heterocycles. The van der Waals surface area contributed by atoms with Crippen LogP contribution < -0.4 is 16.0 Å². The number of hydrogen-bond acceptors (Lipinski definition) is 5. The van der Waals surface area contributed by atoms with Crippen molar-refractivity contribution in [2.24, 2.45) is 0 Å². The van der Waals surface area contributed by atoms with Crippen molar-refractivity contribution in [3.63, 3.8) is 0 Å². The first kappa shape index (κ1) is 21.6. The number of rotatable bonds is 7. The maximum Gasteiger partial charge on any atom is 0.340 e. The van der Waals surface area contributed by atoms with Crippen LogP contribution in [0.1, 0.15) is 37.0 Å². The van der Waals surface area contributed by atoms with Crippen molar-refractivity contribution < 1.29 is 23.9 Å². The zero-order valence-electron chi connectivity index (χ0n) is 16.3. The van der Waals surface area contributed by atoms with Crippen molar-refractivity contribution in [2.75, 3.05) is 22.6 Å². The van der Waals surface area contributed by atoms with Gasteiger partial charge in [-0.2, -0.15) is 0 Å². The summed E-state index contributed by atoms with van der Waals surface area (Å²) in [5, 5.41) is 7.46. The Bertz CT molecular complexity index is 911. The molecule has 152 valence electrons. The minimum Gasteiger partial charge on any atom is -0.462 e. The van der Waals surface area contributed by atoms with Crippen LogP contribution in [0.3, 0.4) is 0 Å².